The van der Waals surface area contributed by atoms with Crippen LogP contribution >= 0.6 is 0 Å². The molecule has 2 aromatic heterocycles. The molecule has 31 heavy (non-hydrogen) atoms. The molecule has 1 atom stereocenters. The fourth-order valence-corrected chi connectivity index (χ4v) is 3.49. The van der Waals surface area contributed by atoms with Crippen molar-refractivity contribution in [3.05, 3.63) is 48.8 Å². The zero-order valence-electron chi connectivity index (χ0n) is 17.1. The second-order valence-corrected chi connectivity index (χ2v) is 7.16. The average molecular weight is 414 g/mol. The number of imidazole rings is 1. The van der Waals surface area contributed by atoms with Crippen molar-refractivity contribution in [1.82, 2.24) is 30.2 Å². The largest absolute Gasteiger partial charge is 0.479 e. The number of rotatable bonds is 7. The summed E-state index contributed by atoms with van der Waals surface area (Å²) in [6.45, 7) is 2.12. The molecule has 2 N–H and O–H groups in total. The number of H-pyrrole nitrogens is 1. The number of benzene rings is 2. The van der Waals surface area contributed by atoms with Crippen molar-refractivity contribution in [3.8, 4) is 34.4 Å². The van der Waals surface area contributed by atoms with Crippen molar-refractivity contribution >= 4 is 17.0 Å². The van der Waals surface area contributed by atoms with Gasteiger partial charge in [0.2, 0.25) is 5.82 Å². The quantitative estimate of drug-likeness (QED) is 0.348. The van der Waals surface area contributed by atoms with E-state index in [2.05, 4.69) is 44.4 Å². The molecule has 0 spiro atoms. The third-order valence-electron chi connectivity index (χ3n) is 5.06. The van der Waals surface area contributed by atoms with Gasteiger partial charge in [-0.25, -0.2) is 9.78 Å². The van der Waals surface area contributed by atoms with Gasteiger partial charge in [-0.2, -0.15) is 5.21 Å². The minimum atomic E-state index is -0.992. The Labute approximate surface area is 179 Å². The second kappa shape index (κ2) is 9.22. The van der Waals surface area contributed by atoms with Crippen LogP contribution < -0.4 is 0 Å². The zero-order chi connectivity index (χ0) is 21.6. The molecular weight excluding hydrogens is 392 g/mol. The van der Waals surface area contributed by atoms with Crippen molar-refractivity contribution in [2.45, 2.75) is 38.6 Å². The van der Waals surface area contributed by atoms with Crippen LogP contribution in [0.1, 0.15) is 38.6 Å². The van der Waals surface area contributed by atoms with E-state index in [9.17, 15) is 9.90 Å². The van der Waals surface area contributed by atoms with Crippen LogP contribution in [0, 0.1) is 11.8 Å². The molecule has 0 radical (unpaired) electrons. The predicted molar refractivity (Wildman–Crippen MR) is 117 cm³/mol. The van der Waals surface area contributed by atoms with Crippen LogP contribution in [0.4, 0.5) is 0 Å². The van der Waals surface area contributed by atoms with Crippen LogP contribution in [-0.2, 0) is 4.79 Å². The van der Waals surface area contributed by atoms with Crippen LogP contribution in [0.5, 0.6) is 0 Å². The van der Waals surface area contributed by atoms with Crippen molar-refractivity contribution in [1.29, 1.82) is 0 Å². The third-order valence-corrected chi connectivity index (χ3v) is 5.06. The number of tetrazole rings is 1. The lowest BCUT2D eigenvalue weighted by Crippen LogP contribution is -2.16. The summed E-state index contributed by atoms with van der Waals surface area (Å²) in [5.41, 5.74) is 4.12. The van der Waals surface area contributed by atoms with Crippen molar-refractivity contribution < 1.29 is 9.90 Å². The number of hydrogen-bond donors (Lipinski definition) is 2. The first-order valence-electron chi connectivity index (χ1n) is 10.2. The Kier molecular flexibility index (Phi) is 6.03. The van der Waals surface area contributed by atoms with Crippen molar-refractivity contribution in [3.63, 3.8) is 0 Å². The first-order chi connectivity index (χ1) is 15.2. The number of aliphatic carboxylic acids is 1. The summed E-state index contributed by atoms with van der Waals surface area (Å²) < 4.78 is 1.61. The maximum atomic E-state index is 11.9. The number of unbranched alkanes of at least 4 members (excludes halogenated alkanes) is 3. The molecule has 0 aliphatic heterocycles. The molecule has 0 aliphatic carbocycles. The molecular formula is C23H22N6O2. The van der Waals surface area contributed by atoms with Gasteiger partial charge in [0.25, 0.3) is 0 Å². The Hall–Kier alpha value is -3.99. The van der Waals surface area contributed by atoms with Crippen LogP contribution in [0.15, 0.2) is 48.8 Å². The Morgan fingerprint density at radius 2 is 2.03 bits per heavy atom. The number of carboxylic acids is 1. The highest BCUT2D eigenvalue weighted by atomic mass is 16.4. The highest BCUT2D eigenvalue weighted by Crippen LogP contribution is 2.31. The van der Waals surface area contributed by atoms with E-state index in [1.54, 1.807) is 10.9 Å². The van der Waals surface area contributed by atoms with Crippen molar-refractivity contribution in [2.75, 3.05) is 0 Å². The number of fused-ring (bicyclic) bond motifs is 1. The van der Waals surface area contributed by atoms with Crippen molar-refractivity contribution in [2.24, 2.45) is 0 Å². The van der Waals surface area contributed by atoms with Gasteiger partial charge < -0.3 is 9.67 Å². The molecule has 4 aromatic rings. The molecule has 0 bridgehead atoms. The highest BCUT2D eigenvalue weighted by Gasteiger charge is 2.20. The molecule has 0 saturated carbocycles. The van der Waals surface area contributed by atoms with Gasteiger partial charge >= 0.3 is 5.97 Å². The zero-order valence-corrected chi connectivity index (χ0v) is 17.1. The fourth-order valence-electron chi connectivity index (χ4n) is 3.49. The molecule has 8 nitrogen and oxygen atoms in total. The molecule has 8 heteroatoms. The minimum Gasteiger partial charge on any atom is -0.479 e. The molecule has 1 unspecified atom stereocenters. The SMILES string of the molecule is CCCCCC#CC(C(=O)O)n1cnc2cc(-c3ccccc3-c3nn[nH]n3)ccc21. The van der Waals surface area contributed by atoms with E-state index >= 15 is 0 Å². The molecule has 2 heterocycles. The summed E-state index contributed by atoms with van der Waals surface area (Å²) in [6, 6.07) is 12.5. The van der Waals surface area contributed by atoms with E-state index in [-0.39, 0.29) is 0 Å². The average Bonchev–Trinajstić information content (AvgIpc) is 3.46. The Morgan fingerprint density at radius 1 is 1.19 bits per heavy atom. The Morgan fingerprint density at radius 3 is 2.77 bits per heavy atom. The van der Waals surface area contributed by atoms with Crippen LogP contribution in [0.3, 0.4) is 0 Å². The van der Waals surface area contributed by atoms with Gasteiger partial charge in [-0.1, -0.05) is 56.0 Å². The molecule has 2 aromatic carbocycles. The standard InChI is InChI=1S/C23H22N6O2/c1-2-3-4-5-6-11-21(23(30)31)29-15-24-19-14-16(12-13-20(19)29)17-9-7-8-10-18(17)22-25-27-28-26-22/h7-10,12-15,21H,2-5H2,1H3,(H,30,31)(H,25,26,27,28). The predicted octanol–water partition coefficient (Wildman–Crippen LogP) is 4.09. The number of carboxylic acid groups (broad SMARTS) is 1. The van der Waals surface area contributed by atoms with E-state index in [4.69, 9.17) is 0 Å². The fraction of sp³-hybridized carbons (Fsp3) is 0.261. The van der Waals surface area contributed by atoms with Crippen LogP contribution in [0.2, 0.25) is 0 Å². The number of aromatic amines is 1. The molecule has 0 aliphatic rings. The van der Waals surface area contributed by atoms with E-state index < -0.39 is 12.0 Å². The lowest BCUT2D eigenvalue weighted by Gasteiger charge is -2.10. The maximum absolute atomic E-state index is 11.9. The van der Waals surface area contributed by atoms with Gasteiger partial charge in [0, 0.05) is 12.0 Å². The van der Waals surface area contributed by atoms with Gasteiger partial charge in [-0.15, -0.1) is 16.1 Å². The summed E-state index contributed by atoms with van der Waals surface area (Å²) in [7, 11) is 0. The number of nitrogens with zero attached hydrogens (tertiary/aromatic N) is 5. The number of aromatic nitrogens is 6. The molecule has 0 saturated heterocycles. The number of nitrogens with one attached hydrogen (secondary N) is 1. The van der Waals surface area contributed by atoms with E-state index in [1.807, 2.05) is 42.5 Å². The molecule has 4 rings (SSSR count). The van der Waals surface area contributed by atoms with Gasteiger partial charge in [0.1, 0.15) is 0 Å². The number of hydrogen-bond acceptors (Lipinski definition) is 5. The van der Waals surface area contributed by atoms with Gasteiger partial charge in [0.15, 0.2) is 6.04 Å². The summed E-state index contributed by atoms with van der Waals surface area (Å²) in [4.78, 5) is 16.3. The summed E-state index contributed by atoms with van der Waals surface area (Å²) in [5, 5.41) is 24.0. The second-order valence-electron chi connectivity index (χ2n) is 7.16. The first-order valence-corrected chi connectivity index (χ1v) is 10.2. The Bertz CT molecular complexity index is 1250. The van der Waals surface area contributed by atoms with Gasteiger partial charge in [-0.05, 0) is 34.9 Å². The Balaban J connectivity index is 1.68. The van der Waals surface area contributed by atoms with E-state index in [1.165, 1.54) is 0 Å². The minimum absolute atomic E-state index is 0.505. The molecule has 0 fully saturated rings. The lowest BCUT2D eigenvalue weighted by molar-refractivity contribution is -0.139. The normalized spacial score (nSPS) is 11.8. The molecule has 156 valence electrons. The smallest absolute Gasteiger partial charge is 0.339 e. The summed E-state index contributed by atoms with van der Waals surface area (Å²) >= 11 is 0. The lowest BCUT2D eigenvalue weighted by atomic mass is 9.99. The molecule has 0 amide bonds. The summed E-state index contributed by atoms with van der Waals surface area (Å²) in [5.74, 6) is 5.42. The summed E-state index contributed by atoms with van der Waals surface area (Å²) in [6.07, 6.45) is 5.41. The van der Waals surface area contributed by atoms with Crippen LogP contribution in [0.25, 0.3) is 33.5 Å². The first kappa shape index (κ1) is 20.3. The maximum Gasteiger partial charge on any atom is 0.339 e. The topological polar surface area (TPSA) is 110 Å². The number of carbonyl (C=O) groups is 1. The highest BCUT2D eigenvalue weighted by molar-refractivity contribution is 5.88. The van der Waals surface area contributed by atoms with Gasteiger partial charge in [-0.3, -0.25) is 0 Å². The van der Waals surface area contributed by atoms with E-state index in [0.717, 1.165) is 41.5 Å². The third kappa shape index (κ3) is 4.31. The van der Waals surface area contributed by atoms with Gasteiger partial charge in [0.05, 0.1) is 17.4 Å². The monoisotopic (exact) mass is 414 g/mol. The van der Waals surface area contributed by atoms with E-state index in [0.29, 0.717) is 17.8 Å². The van der Waals surface area contributed by atoms with Crippen LogP contribution in [-0.4, -0.2) is 41.3 Å².